The van der Waals surface area contributed by atoms with Crippen molar-refractivity contribution in [2.24, 2.45) is 0 Å². The number of amides is 2. The van der Waals surface area contributed by atoms with Gasteiger partial charge in [-0.05, 0) is 18.1 Å². The number of rotatable bonds is 6. The number of nitrogens with zero attached hydrogens (tertiary/aromatic N) is 2. The average molecular weight is 270 g/mol. The number of halogens is 1. The number of aromatic nitrogens is 1. The predicted molar refractivity (Wildman–Crippen MR) is 69.3 cm³/mol. The molecule has 0 saturated carbocycles. The molecule has 0 atom stereocenters. The Balaban J connectivity index is 2.23. The SMILES string of the molecule is CN(CC(=O)NCCc1cccnc1)C(=O)CCl. The molecule has 0 saturated heterocycles. The lowest BCUT2D eigenvalue weighted by molar-refractivity contribution is -0.132. The number of hydrogen-bond acceptors (Lipinski definition) is 3. The molecule has 0 aliphatic carbocycles. The third-order valence-electron chi connectivity index (χ3n) is 2.38. The topological polar surface area (TPSA) is 62.3 Å². The van der Waals surface area contributed by atoms with Crippen LogP contribution in [0, 0.1) is 0 Å². The van der Waals surface area contributed by atoms with Crippen molar-refractivity contribution in [2.45, 2.75) is 6.42 Å². The van der Waals surface area contributed by atoms with E-state index in [1.165, 1.54) is 4.90 Å². The molecule has 0 bridgehead atoms. The first kappa shape index (κ1) is 14.4. The Kier molecular flexibility index (Phi) is 6.14. The summed E-state index contributed by atoms with van der Waals surface area (Å²) >= 11 is 5.38. The number of likely N-dealkylation sites (N-methyl/N-ethyl adjacent to an activating group) is 1. The van der Waals surface area contributed by atoms with Gasteiger partial charge in [0.05, 0.1) is 6.54 Å². The van der Waals surface area contributed by atoms with E-state index in [0.717, 1.165) is 5.56 Å². The van der Waals surface area contributed by atoms with Crippen LogP contribution in [0.4, 0.5) is 0 Å². The highest BCUT2D eigenvalue weighted by molar-refractivity contribution is 6.27. The maximum absolute atomic E-state index is 11.5. The molecule has 6 heteroatoms. The second kappa shape index (κ2) is 7.66. The fraction of sp³-hybridized carbons (Fsp3) is 0.417. The lowest BCUT2D eigenvalue weighted by Crippen LogP contribution is -2.39. The van der Waals surface area contributed by atoms with Crippen LogP contribution in [0.3, 0.4) is 0 Å². The van der Waals surface area contributed by atoms with Gasteiger partial charge in [-0.1, -0.05) is 6.07 Å². The van der Waals surface area contributed by atoms with Gasteiger partial charge in [0, 0.05) is 26.0 Å². The van der Waals surface area contributed by atoms with E-state index < -0.39 is 0 Å². The highest BCUT2D eigenvalue weighted by atomic mass is 35.5. The maximum atomic E-state index is 11.5. The average Bonchev–Trinajstić information content (AvgIpc) is 2.38. The van der Waals surface area contributed by atoms with Gasteiger partial charge < -0.3 is 10.2 Å². The van der Waals surface area contributed by atoms with Gasteiger partial charge in [-0.15, -0.1) is 11.6 Å². The first-order valence-electron chi connectivity index (χ1n) is 5.59. The molecule has 1 aromatic rings. The molecule has 1 heterocycles. The molecular weight excluding hydrogens is 254 g/mol. The van der Waals surface area contributed by atoms with Gasteiger partial charge in [-0.3, -0.25) is 14.6 Å². The zero-order valence-corrected chi connectivity index (χ0v) is 11.0. The second-order valence-corrected chi connectivity index (χ2v) is 4.11. The summed E-state index contributed by atoms with van der Waals surface area (Å²) in [5.41, 5.74) is 1.06. The predicted octanol–water partition coefficient (Wildman–Crippen LogP) is 0.437. The number of pyridine rings is 1. The Bertz CT molecular complexity index is 398. The Labute approximate surface area is 111 Å². The lowest BCUT2D eigenvalue weighted by Gasteiger charge is -2.15. The molecule has 98 valence electrons. The van der Waals surface area contributed by atoms with Crippen molar-refractivity contribution in [2.75, 3.05) is 26.0 Å². The molecule has 1 N–H and O–H groups in total. The number of hydrogen-bond donors (Lipinski definition) is 1. The molecule has 5 nitrogen and oxygen atoms in total. The van der Waals surface area contributed by atoms with Crippen LogP contribution in [0.5, 0.6) is 0 Å². The van der Waals surface area contributed by atoms with Gasteiger partial charge in [0.15, 0.2) is 0 Å². The molecule has 0 aliphatic heterocycles. The van der Waals surface area contributed by atoms with Crippen molar-refractivity contribution >= 4 is 23.4 Å². The minimum atomic E-state index is -0.265. The van der Waals surface area contributed by atoms with Crippen LogP contribution in [-0.2, 0) is 16.0 Å². The normalized spacial score (nSPS) is 9.89. The van der Waals surface area contributed by atoms with Crippen LogP contribution in [0.15, 0.2) is 24.5 Å². The summed E-state index contributed by atoms with van der Waals surface area (Å²) in [5, 5.41) is 2.74. The number of nitrogens with one attached hydrogen (secondary N) is 1. The summed E-state index contributed by atoms with van der Waals surface area (Å²) < 4.78 is 0. The van der Waals surface area contributed by atoms with E-state index in [0.29, 0.717) is 13.0 Å². The highest BCUT2D eigenvalue weighted by Gasteiger charge is 2.10. The zero-order valence-electron chi connectivity index (χ0n) is 10.2. The monoisotopic (exact) mass is 269 g/mol. The van der Waals surface area contributed by atoms with Crippen LogP contribution >= 0.6 is 11.6 Å². The summed E-state index contributed by atoms with van der Waals surface area (Å²) in [4.78, 5) is 27.9. The fourth-order valence-corrected chi connectivity index (χ4v) is 1.56. The summed E-state index contributed by atoms with van der Waals surface area (Å²) in [6.07, 6.45) is 4.18. The van der Waals surface area contributed by atoms with Crippen molar-refractivity contribution in [1.82, 2.24) is 15.2 Å². The van der Waals surface area contributed by atoms with Crippen LogP contribution in [0.25, 0.3) is 0 Å². The smallest absolute Gasteiger partial charge is 0.239 e. The van der Waals surface area contributed by atoms with Crippen molar-refractivity contribution < 1.29 is 9.59 Å². The molecule has 1 rings (SSSR count). The van der Waals surface area contributed by atoms with Gasteiger partial charge in [0.1, 0.15) is 5.88 Å². The molecule has 0 spiro atoms. The van der Waals surface area contributed by atoms with E-state index in [1.54, 1.807) is 19.4 Å². The van der Waals surface area contributed by atoms with Gasteiger partial charge in [0.25, 0.3) is 0 Å². The van der Waals surface area contributed by atoms with E-state index >= 15 is 0 Å². The van der Waals surface area contributed by atoms with Crippen molar-refractivity contribution in [1.29, 1.82) is 0 Å². The van der Waals surface area contributed by atoms with Crippen LogP contribution in [-0.4, -0.2) is 47.7 Å². The van der Waals surface area contributed by atoms with Crippen LogP contribution in [0.1, 0.15) is 5.56 Å². The van der Waals surface area contributed by atoms with E-state index in [4.69, 9.17) is 11.6 Å². The molecule has 2 amide bonds. The lowest BCUT2D eigenvalue weighted by atomic mass is 10.2. The Morgan fingerprint density at radius 2 is 2.28 bits per heavy atom. The largest absolute Gasteiger partial charge is 0.354 e. The summed E-state index contributed by atoms with van der Waals surface area (Å²) in [7, 11) is 1.55. The first-order valence-corrected chi connectivity index (χ1v) is 6.12. The van der Waals surface area contributed by atoms with E-state index in [1.807, 2.05) is 12.1 Å². The van der Waals surface area contributed by atoms with Crippen LogP contribution < -0.4 is 5.32 Å². The number of carbonyl (C=O) groups is 2. The van der Waals surface area contributed by atoms with E-state index in [-0.39, 0.29) is 24.2 Å². The van der Waals surface area contributed by atoms with Gasteiger partial charge in [-0.25, -0.2) is 0 Å². The summed E-state index contributed by atoms with van der Waals surface area (Å²) in [5.74, 6) is -0.571. The maximum Gasteiger partial charge on any atom is 0.239 e. The second-order valence-electron chi connectivity index (χ2n) is 3.84. The standard InChI is InChI=1S/C12H16ClN3O2/c1-16(12(18)7-13)9-11(17)15-6-4-10-3-2-5-14-8-10/h2-3,5,8H,4,6-7,9H2,1H3,(H,15,17). The molecule has 1 aromatic heterocycles. The minimum absolute atomic E-state index is 0.0264. The molecule has 0 fully saturated rings. The van der Waals surface area contributed by atoms with Crippen LogP contribution in [0.2, 0.25) is 0 Å². The third kappa shape index (κ3) is 5.14. The van der Waals surface area contributed by atoms with Gasteiger partial charge in [0.2, 0.25) is 11.8 Å². The van der Waals surface area contributed by atoms with Crippen molar-refractivity contribution in [3.05, 3.63) is 30.1 Å². The summed E-state index contributed by atoms with van der Waals surface area (Å²) in [6, 6.07) is 3.80. The minimum Gasteiger partial charge on any atom is -0.354 e. The third-order valence-corrected chi connectivity index (χ3v) is 2.61. The molecule has 0 aliphatic rings. The molecule has 0 radical (unpaired) electrons. The summed E-state index contributed by atoms with van der Waals surface area (Å²) in [6.45, 7) is 0.548. The number of carbonyl (C=O) groups excluding carboxylic acids is 2. The molecule has 0 unspecified atom stereocenters. The Morgan fingerprint density at radius 1 is 1.50 bits per heavy atom. The van der Waals surface area contributed by atoms with E-state index in [2.05, 4.69) is 10.3 Å². The zero-order chi connectivity index (χ0) is 13.4. The Morgan fingerprint density at radius 3 is 2.89 bits per heavy atom. The van der Waals surface area contributed by atoms with Crippen molar-refractivity contribution in [3.63, 3.8) is 0 Å². The Hall–Kier alpha value is -1.62. The highest BCUT2D eigenvalue weighted by Crippen LogP contribution is 1.95. The number of alkyl halides is 1. The van der Waals surface area contributed by atoms with Gasteiger partial charge >= 0.3 is 0 Å². The van der Waals surface area contributed by atoms with Gasteiger partial charge in [-0.2, -0.15) is 0 Å². The van der Waals surface area contributed by atoms with E-state index in [9.17, 15) is 9.59 Å². The quantitative estimate of drug-likeness (QED) is 0.762. The fourth-order valence-electron chi connectivity index (χ4n) is 1.35. The van der Waals surface area contributed by atoms with Crippen molar-refractivity contribution in [3.8, 4) is 0 Å². The molecule has 0 aromatic carbocycles. The first-order chi connectivity index (χ1) is 8.63. The molecular formula is C12H16ClN3O2. The molecule has 18 heavy (non-hydrogen) atoms.